The molecule has 428 valence electrons. The number of carboxylic acids is 1. The topological polar surface area (TPSA) is 108 Å². The molecule has 0 aliphatic rings. The molecular formula is C66H112NO8+. The van der Waals surface area contributed by atoms with E-state index in [1.165, 1.54) is 103 Å². The molecule has 0 spiro atoms. The highest BCUT2D eigenvalue weighted by molar-refractivity contribution is 5.71. The van der Waals surface area contributed by atoms with Crippen LogP contribution < -0.4 is 0 Å². The maximum absolute atomic E-state index is 12.9. The number of hydrogen-bond acceptors (Lipinski definition) is 7. The molecule has 0 radical (unpaired) electrons. The average molecular weight is 1050 g/mol. The van der Waals surface area contributed by atoms with Crippen LogP contribution in [0.2, 0.25) is 0 Å². The number of carboxylic acid groups (broad SMARTS) is 1. The summed E-state index contributed by atoms with van der Waals surface area (Å²) in [4.78, 5) is 37.5. The molecule has 1 N–H and O–H groups in total. The van der Waals surface area contributed by atoms with Crippen molar-refractivity contribution in [2.45, 2.75) is 245 Å². The molecular weight excluding hydrogens is 935 g/mol. The van der Waals surface area contributed by atoms with E-state index in [9.17, 15) is 19.5 Å². The molecule has 0 rings (SSSR count). The van der Waals surface area contributed by atoms with E-state index in [0.717, 1.165) is 96.3 Å². The number of unbranched alkanes of at least 4 members (excludes halogenated alkanes) is 21. The van der Waals surface area contributed by atoms with E-state index < -0.39 is 24.3 Å². The Kier molecular flexibility index (Phi) is 53.1. The Bertz CT molecular complexity index is 1590. The zero-order valence-electron chi connectivity index (χ0n) is 48.7. The van der Waals surface area contributed by atoms with Crippen LogP contribution in [0.1, 0.15) is 232 Å². The predicted octanol–water partition coefficient (Wildman–Crippen LogP) is 17.9. The monoisotopic (exact) mass is 1050 g/mol. The third-order valence-corrected chi connectivity index (χ3v) is 12.5. The summed E-state index contributed by atoms with van der Waals surface area (Å²) in [6.45, 7) is 4.73. The number of hydrogen-bond donors (Lipinski definition) is 1. The van der Waals surface area contributed by atoms with Gasteiger partial charge in [0, 0.05) is 12.8 Å². The van der Waals surface area contributed by atoms with E-state index in [1.54, 1.807) is 0 Å². The van der Waals surface area contributed by atoms with Gasteiger partial charge in [-0.15, -0.1) is 0 Å². The van der Waals surface area contributed by atoms with Crippen LogP contribution >= 0.6 is 0 Å². The van der Waals surface area contributed by atoms with Gasteiger partial charge in [0.15, 0.2) is 6.10 Å². The summed E-state index contributed by atoms with van der Waals surface area (Å²) in [5.74, 6) is -2.03. The molecule has 9 nitrogen and oxygen atoms in total. The van der Waals surface area contributed by atoms with Crippen molar-refractivity contribution < 1.29 is 42.9 Å². The summed E-state index contributed by atoms with van der Waals surface area (Å²) in [7, 11) is 5.96. The van der Waals surface area contributed by atoms with E-state index in [1.807, 2.05) is 21.1 Å². The van der Waals surface area contributed by atoms with Gasteiger partial charge in [0.2, 0.25) is 0 Å². The molecule has 9 heteroatoms. The Labute approximate surface area is 460 Å². The van der Waals surface area contributed by atoms with Crippen LogP contribution in [0.15, 0.2) is 109 Å². The lowest BCUT2D eigenvalue weighted by molar-refractivity contribution is -0.870. The van der Waals surface area contributed by atoms with Crippen molar-refractivity contribution >= 4 is 17.9 Å². The van der Waals surface area contributed by atoms with Gasteiger partial charge < -0.3 is 28.5 Å². The molecule has 0 aliphatic heterocycles. The van der Waals surface area contributed by atoms with Crippen molar-refractivity contribution in [3.63, 3.8) is 0 Å². The quantitative estimate of drug-likeness (QED) is 0.0211. The molecule has 0 saturated carbocycles. The first-order valence-corrected chi connectivity index (χ1v) is 30.1. The number of likely N-dealkylation sites (N-methyl/N-ethyl adjacent to an activating group) is 1. The minimum absolute atomic E-state index is 0.179. The molecule has 2 atom stereocenters. The second-order valence-corrected chi connectivity index (χ2v) is 20.9. The molecule has 2 unspecified atom stereocenters. The maximum Gasteiger partial charge on any atom is 0.361 e. The highest BCUT2D eigenvalue weighted by atomic mass is 16.7. The Balaban J connectivity index is 4.30. The first kappa shape index (κ1) is 71.0. The van der Waals surface area contributed by atoms with Gasteiger partial charge in [-0.05, 0) is 103 Å². The number of aliphatic carboxylic acids is 1. The number of esters is 2. The third kappa shape index (κ3) is 57.5. The summed E-state index contributed by atoms with van der Waals surface area (Å²) in [5.41, 5.74) is 0. The summed E-state index contributed by atoms with van der Waals surface area (Å²) in [6, 6.07) is 0. The number of allylic oxidation sites excluding steroid dienone is 18. The number of rotatable bonds is 54. The fraction of sp³-hybridized carbons (Fsp3) is 0.682. The van der Waals surface area contributed by atoms with E-state index >= 15 is 0 Å². The summed E-state index contributed by atoms with van der Waals surface area (Å²) >= 11 is 0. The normalized spacial score (nSPS) is 13.6. The third-order valence-electron chi connectivity index (χ3n) is 12.5. The predicted molar refractivity (Wildman–Crippen MR) is 318 cm³/mol. The zero-order chi connectivity index (χ0) is 54.8. The molecule has 0 aromatic rings. The van der Waals surface area contributed by atoms with Gasteiger partial charge in [0.25, 0.3) is 6.29 Å². The molecule has 0 aromatic carbocycles. The van der Waals surface area contributed by atoms with E-state index in [2.05, 4.69) is 123 Å². The molecule has 0 saturated heterocycles. The fourth-order valence-corrected chi connectivity index (χ4v) is 7.91. The molecule has 0 bridgehead atoms. The highest BCUT2D eigenvalue weighted by Gasteiger charge is 2.25. The standard InChI is InChI=1S/C66H111NO8/c1-6-8-10-12-14-16-18-20-22-24-26-28-29-30-31-32-33-34-35-37-39-41-43-45-47-49-51-53-55-57-64(69)75-62(61-74-66(65(70)71)72-59-58-67(3,4)5)60-73-63(68)56-54-52-50-48-46-44-42-40-38-36-27-25-23-21-19-17-15-13-11-9-7-2/h8,10,14,16,19-22,25-28,30-31,33-34,37,39,62,66H,6-7,9,11-13,15,17-18,23-24,29,32,35-36,38,40-61H2,1-5H3/p+1/b10-8-,16-14-,21-19-,22-20-,27-25-,28-26-,31-30-,34-33-,39-37-. The molecule has 0 heterocycles. The van der Waals surface area contributed by atoms with Crippen LogP contribution in [0.5, 0.6) is 0 Å². The highest BCUT2D eigenvalue weighted by Crippen LogP contribution is 2.15. The summed E-state index contributed by atoms with van der Waals surface area (Å²) in [6.07, 6.45) is 74.4. The van der Waals surface area contributed by atoms with Crippen molar-refractivity contribution in [1.82, 2.24) is 0 Å². The Hall–Kier alpha value is -4.05. The second-order valence-electron chi connectivity index (χ2n) is 20.9. The van der Waals surface area contributed by atoms with E-state index in [4.69, 9.17) is 18.9 Å². The van der Waals surface area contributed by atoms with Crippen molar-refractivity contribution in [1.29, 1.82) is 0 Å². The van der Waals surface area contributed by atoms with Gasteiger partial charge in [-0.25, -0.2) is 4.79 Å². The van der Waals surface area contributed by atoms with Gasteiger partial charge in [0.05, 0.1) is 34.4 Å². The molecule has 0 amide bonds. The first-order chi connectivity index (χ1) is 36.6. The molecule has 0 aromatic heterocycles. The fourth-order valence-electron chi connectivity index (χ4n) is 7.91. The maximum atomic E-state index is 12.9. The average Bonchev–Trinajstić information content (AvgIpc) is 3.38. The number of carbonyl (C=O) groups is 3. The molecule has 0 fully saturated rings. The largest absolute Gasteiger partial charge is 0.477 e. The SMILES string of the molecule is CC/C=C\C/C=C\C/C=C\C/C=C\C/C=C\C/C=C\C/C=C\CCCCCCCCCC(=O)OC(COC(=O)CCCCCCCCCCC/C=C\C/C=C\CCCCCCC)COC(OCC[N+](C)(C)C)C(=O)O. The lowest BCUT2D eigenvalue weighted by Gasteiger charge is -2.25. The van der Waals surface area contributed by atoms with Crippen molar-refractivity contribution in [3.8, 4) is 0 Å². The lowest BCUT2D eigenvalue weighted by Crippen LogP contribution is -2.40. The first-order valence-electron chi connectivity index (χ1n) is 30.1. The smallest absolute Gasteiger partial charge is 0.361 e. The van der Waals surface area contributed by atoms with Crippen molar-refractivity contribution in [2.24, 2.45) is 0 Å². The minimum atomic E-state index is -1.52. The van der Waals surface area contributed by atoms with Crippen LogP contribution in [0.25, 0.3) is 0 Å². The van der Waals surface area contributed by atoms with Gasteiger partial charge in [0.1, 0.15) is 13.2 Å². The van der Waals surface area contributed by atoms with Crippen LogP contribution in [0, 0.1) is 0 Å². The summed E-state index contributed by atoms with van der Waals surface area (Å²) in [5, 5.41) is 9.71. The van der Waals surface area contributed by atoms with Gasteiger partial charge in [-0.3, -0.25) is 9.59 Å². The second kappa shape index (κ2) is 56.2. The molecule has 75 heavy (non-hydrogen) atoms. The molecule has 0 aliphatic carbocycles. The van der Waals surface area contributed by atoms with Crippen LogP contribution in [0.3, 0.4) is 0 Å². The number of quaternary nitrogens is 1. The Morgan fingerprint density at radius 3 is 1.13 bits per heavy atom. The lowest BCUT2D eigenvalue weighted by atomic mass is 10.1. The van der Waals surface area contributed by atoms with Gasteiger partial charge in [-0.2, -0.15) is 0 Å². The number of carbonyl (C=O) groups excluding carboxylic acids is 2. The van der Waals surface area contributed by atoms with Crippen LogP contribution in [0.4, 0.5) is 0 Å². The summed E-state index contributed by atoms with van der Waals surface area (Å²) < 4.78 is 22.9. The van der Waals surface area contributed by atoms with Gasteiger partial charge in [-0.1, -0.05) is 226 Å². The van der Waals surface area contributed by atoms with Crippen LogP contribution in [-0.4, -0.2) is 87.4 Å². The van der Waals surface area contributed by atoms with Crippen LogP contribution in [-0.2, 0) is 33.3 Å². The minimum Gasteiger partial charge on any atom is -0.477 e. The Morgan fingerprint density at radius 1 is 0.413 bits per heavy atom. The Morgan fingerprint density at radius 2 is 0.760 bits per heavy atom. The van der Waals surface area contributed by atoms with E-state index in [-0.39, 0.29) is 38.6 Å². The zero-order valence-corrected chi connectivity index (χ0v) is 48.7. The number of ether oxygens (including phenoxy) is 4. The van der Waals surface area contributed by atoms with E-state index in [0.29, 0.717) is 17.4 Å². The van der Waals surface area contributed by atoms with Crippen molar-refractivity contribution in [3.05, 3.63) is 109 Å². The van der Waals surface area contributed by atoms with Crippen molar-refractivity contribution in [2.75, 3.05) is 47.5 Å². The van der Waals surface area contributed by atoms with Gasteiger partial charge >= 0.3 is 17.9 Å². The number of nitrogens with zero attached hydrogens (tertiary/aromatic N) is 1.